The predicted molar refractivity (Wildman–Crippen MR) is 429 cm³/mol. The lowest BCUT2D eigenvalue weighted by Crippen LogP contribution is -2.66. The van der Waals surface area contributed by atoms with Crippen molar-refractivity contribution in [2.24, 2.45) is 0 Å². The van der Waals surface area contributed by atoms with E-state index in [0.29, 0.717) is 12.8 Å². The van der Waals surface area contributed by atoms with Gasteiger partial charge in [-0.15, -0.1) is 0 Å². The molecule has 19 heteroatoms. The van der Waals surface area contributed by atoms with Crippen LogP contribution in [0.25, 0.3) is 0 Å². The highest BCUT2D eigenvalue weighted by Crippen LogP contribution is 2.33. The van der Waals surface area contributed by atoms with Gasteiger partial charge in [0.2, 0.25) is 5.91 Å². The number of carbonyl (C=O) groups excluding carboxylic acids is 1. The Labute approximate surface area is 649 Å². The second-order valence-electron chi connectivity index (χ2n) is 31.3. The molecule has 3 heterocycles. The van der Waals surface area contributed by atoms with E-state index in [1.807, 2.05) is 6.08 Å². The lowest BCUT2D eigenvalue weighted by Gasteiger charge is -2.48. The average Bonchev–Trinajstić information content (AvgIpc) is 0.780. The zero-order valence-electron chi connectivity index (χ0n) is 67.4. The molecule has 0 aromatic rings. The van der Waals surface area contributed by atoms with Gasteiger partial charge in [0.1, 0.15) is 73.2 Å². The van der Waals surface area contributed by atoms with Crippen LogP contribution in [0.4, 0.5) is 0 Å². The van der Waals surface area contributed by atoms with E-state index in [2.05, 4.69) is 67.8 Å². The third kappa shape index (κ3) is 47.1. The normalized spacial score (nSPS) is 25.8. The molecule has 3 aliphatic rings. The number of aliphatic hydroxyl groups is 11. The van der Waals surface area contributed by atoms with Crippen LogP contribution in [-0.2, 0) is 33.2 Å². The molecule has 17 unspecified atom stereocenters. The molecule has 3 fully saturated rings. The summed E-state index contributed by atoms with van der Waals surface area (Å²) in [7, 11) is 0. The van der Waals surface area contributed by atoms with E-state index < -0.39 is 124 Å². The van der Waals surface area contributed by atoms with Crippen LogP contribution in [0.5, 0.6) is 0 Å². The Hall–Kier alpha value is -2.51. The molecule has 0 aliphatic carbocycles. The molecule has 1 amide bonds. The molecule has 17 atom stereocenters. The quantitative estimate of drug-likeness (QED) is 0.0199. The largest absolute Gasteiger partial charge is 0.394 e. The molecule has 0 aromatic carbocycles. The van der Waals surface area contributed by atoms with Crippen LogP contribution in [0.1, 0.15) is 361 Å². The first-order valence-corrected chi connectivity index (χ1v) is 44.0. The van der Waals surface area contributed by atoms with Crippen molar-refractivity contribution >= 4 is 5.91 Å². The molecular weight excluding hydrogens is 1360 g/mol. The topological polar surface area (TPSA) is 307 Å². The number of unbranched alkanes of at least 4 members (excludes halogenated alkanes) is 47. The maximum Gasteiger partial charge on any atom is 0.220 e. The molecule has 12 N–H and O–H groups in total. The van der Waals surface area contributed by atoms with E-state index in [1.54, 1.807) is 6.08 Å². The van der Waals surface area contributed by atoms with Crippen molar-refractivity contribution in [1.82, 2.24) is 5.32 Å². The second-order valence-corrected chi connectivity index (χ2v) is 31.3. The molecule has 626 valence electrons. The molecule has 0 aromatic heterocycles. The van der Waals surface area contributed by atoms with Gasteiger partial charge in [0.25, 0.3) is 0 Å². The summed E-state index contributed by atoms with van der Waals surface area (Å²) < 4.78 is 34.5. The van der Waals surface area contributed by atoms with Gasteiger partial charge in [0, 0.05) is 6.42 Å². The van der Waals surface area contributed by atoms with E-state index in [-0.39, 0.29) is 18.9 Å². The summed E-state index contributed by atoms with van der Waals surface area (Å²) >= 11 is 0. The summed E-state index contributed by atoms with van der Waals surface area (Å²) in [5.74, 6) is -0.281. The molecule has 0 saturated carbocycles. The molecule has 0 radical (unpaired) electrons. The van der Waals surface area contributed by atoms with Gasteiger partial charge in [-0.05, 0) is 70.6 Å². The van der Waals surface area contributed by atoms with Crippen LogP contribution in [0, 0.1) is 0 Å². The predicted octanol–water partition coefficient (Wildman–Crippen LogP) is 16.2. The van der Waals surface area contributed by atoms with Gasteiger partial charge in [0.15, 0.2) is 18.9 Å². The Morgan fingerprint density at radius 3 is 1.00 bits per heavy atom. The van der Waals surface area contributed by atoms with E-state index >= 15 is 0 Å². The highest BCUT2D eigenvalue weighted by atomic mass is 16.8. The van der Waals surface area contributed by atoms with E-state index in [9.17, 15) is 61.0 Å². The fourth-order valence-electron chi connectivity index (χ4n) is 14.7. The minimum Gasteiger partial charge on any atom is -0.394 e. The van der Waals surface area contributed by atoms with Crippen molar-refractivity contribution in [3.8, 4) is 0 Å². The first-order chi connectivity index (χ1) is 52.3. The Bertz CT molecular complexity index is 2160. The maximum absolute atomic E-state index is 13.5. The third-order valence-electron chi connectivity index (χ3n) is 21.8. The molecule has 3 saturated heterocycles. The molecular formula is C88H161NO18. The summed E-state index contributed by atoms with van der Waals surface area (Å²) in [6.07, 6.45) is 62.3. The average molecular weight is 1520 g/mol. The monoisotopic (exact) mass is 1520 g/mol. The lowest BCUT2D eigenvalue weighted by molar-refractivity contribution is -0.379. The molecule has 0 spiro atoms. The number of ether oxygens (including phenoxy) is 6. The first-order valence-electron chi connectivity index (χ1n) is 44.0. The van der Waals surface area contributed by atoms with Crippen molar-refractivity contribution in [3.63, 3.8) is 0 Å². The molecule has 3 rings (SSSR count). The summed E-state index contributed by atoms with van der Waals surface area (Å²) in [4.78, 5) is 13.5. The Morgan fingerprint density at radius 2 is 0.626 bits per heavy atom. The first kappa shape index (κ1) is 98.7. The number of nitrogens with one attached hydrogen (secondary N) is 1. The van der Waals surface area contributed by atoms with Crippen molar-refractivity contribution in [3.05, 3.63) is 60.8 Å². The smallest absolute Gasteiger partial charge is 0.220 e. The van der Waals surface area contributed by atoms with E-state index in [1.165, 1.54) is 276 Å². The van der Waals surface area contributed by atoms with Crippen molar-refractivity contribution in [2.45, 2.75) is 465 Å². The molecule has 3 aliphatic heterocycles. The van der Waals surface area contributed by atoms with Gasteiger partial charge in [-0.25, -0.2) is 0 Å². The standard InChI is InChI=1S/C88H161NO18/c1-3-5-7-9-11-13-15-17-19-21-23-25-27-29-31-33-35-37-39-41-43-45-47-49-51-53-55-57-59-61-63-65-72(93)71(89-76(94)66-64-62-60-58-56-54-52-50-48-46-44-42-40-38-36-34-32-30-28-26-24-22-20-18-16-14-12-10-8-6-4-2)70-102-86-82(100)79(97)84(74(68-91)104-86)107-88-83(101)80(98)85(75(69-92)105-88)106-87-81(99)78(96)77(95)73(67-90)103-87/h16,18,22,24,28,30,55,57,63,65,71-75,77-88,90-93,95-101H,3-15,17,19-21,23,25-27,29,31-54,56,58-62,64,66-70H2,1-2H3,(H,89,94)/b18-16-,24-22-,30-28-,57-55+,65-63+. The lowest BCUT2D eigenvalue weighted by atomic mass is 9.96. The SMILES string of the molecule is CCCCCCC/C=C\C/C=C\C/C=C\CCCCCCCCCCCCCCCCCCC(=O)NC(COC1OC(CO)C(OC2OC(CO)C(OC3OC(CO)C(O)C(O)C3O)C(O)C2O)C(O)C1O)C(O)/C=C/CC/C=C/CCCCCCCCCCCCCCCCCCCCCCCCCCC. The fourth-order valence-corrected chi connectivity index (χ4v) is 14.7. The van der Waals surface area contributed by atoms with Gasteiger partial charge in [-0.2, -0.15) is 0 Å². The van der Waals surface area contributed by atoms with Crippen molar-refractivity contribution in [2.75, 3.05) is 26.4 Å². The Balaban J connectivity index is 1.35. The van der Waals surface area contributed by atoms with Gasteiger partial charge in [-0.3, -0.25) is 4.79 Å². The second kappa shape index (κ2) is 67.9. The summed E-state index contributed by atoms with van der Waals surface area (Å²) in [6, 6.07) is -0.994. The van der Waals surface area contributed by atoms with Gasteiger partial charge >= 0.3 is 0 Å². The summed E-state index contributed by atoms with van der Waals surface area (Å²) in [5, 5.41) is 121. The van der Waals surface area contributed by atoms with Crippen LogP contribution in [0.2, 0.25) is 0 Å². The molecule has 107 heavy (non-hydrogen) atoms. The van der Waals surface area contributed by atoms with Crippen LogP contribution in [0.3, 0.4) is 0 Å². The highest BCUT2D eigenvalue weighted by molar-refractivity contribution is 5.76. The zero-order valence-corrected chi connectivity index (χ0v) is 67.4. The fraction of sp³-hybridized carbons (Fsp3) is 0.875. The number of aliphatic hydroxyl groups excluding tert-OH is 11. The Morgan fingerprint density at radius 1 is 0.336 bits per heavy atom. The zero-order chi connectivity index (χ0) is 77.4. The molecule has 0 bridgehead atoms. The number of carbonyl (C=O) groups is 1. The van der Waals surface area contributed by atoms with Gasteiger partial charge in [0.05, 0.1) is 38.6 Å². The Kier molecular flexibility index (Phi) is 62.7. The van der Waals surface area contributed by atoms with Crippen molar-refractivity contribution in [1.29, 1.82) is 0 Å². The number of amides is 1. The van der Waals surface area contributed by atoms with Crippen LogP contribution < -0.4 is 5.32 Å². The van der Waals surface area contributed by atoms with E-state index in [4.69, 9.17) is 28.4 Å². The molecule has 19 nitrogen and oxygen atoms in total. The van der Waals surface area contributed by atoms with Crippen molar-refractivity contribution < 1.29 is 89.4 Å². The van der Waals surface area contributed by atoms with E-state index in [0.717, 1.165) is 51.4 Å². The number of hydrogen-bond acceptors (Lipinski definition) is 18. The van der Waals surface area contributed by atoms with Gasteiger partial charge in [-0.1, -0.05) is 344 Å². The summed E-state index contributed by atoms with van der Waals surface area (Å²) in [5.41, 5.74) is 0. The number of rotatable bonds is 71. The minimum absolute atomic E-state index is 0.235. The minimum atomic E-state index is -1.98. The van der Waals surface area contributed by atoms with Crippen LogP contribution in [-0.4, -0.2) is 193 Å². The number of hydrogen-bond donors (Lipinski definition) is 12. The maximum atomic E-state index is 13.5. The highest BCUT2D eigenvalue weighted by Gasteiger charge is 2.54. The summed E-state index contributed by atoms with van der Waals surface area (Å²) in [6.45, 7) is 1.76. The van der Waals surface area contributed by atoms with Crippen LogP contribution in [0.15, 0.2) is 60.8 Å². The van der Waals surface area contributed by atoms with Crippen LogP contribution >= 0.6 is 0 Å². The van der Waals surface area contributed by atoms with Gasteiger partial charge < -0.3 is 89.9 Å². The number of allylic oxidation sites excluding steroid dienone is 9. The third-order valence-corrected chi connectivity index (χ3v) is 21.8.